The minimum Gasteiger partial charge on any atom is -0.496 e. The summed E-state index contributed by atoms with van der Waals surface area (Å²) >= 11 is 0.992. The predicted octanol–water partition coefficient (Wildman–Crippen LogP) is 3.49. The van der Waals surface area contributed by atoms with Gasteiger partial charge in [-0.1, -0.05) is 31.7 Å². The maximum Gasteiger partial charge on any atom is 0.296 e. The number of anilines is 1. The lowest BCUT2D eigenvalue weighted by molar-refractivity contribution is -0.384. The third-order valence-corrected chi connectivity index (χ3v) is 5.90. The van der Waals surface area contributed by atoms with E-state index in [9.17, 15) is 29.8 Å². The third-order valence-electron chi connectivity index (χ3n) is 5.06. The summed E-state index contributed by atoms with van der Waals surface area (Å²) in [5, 5.41) is 34.6. The lowest BCUT2D eigenvalue weighted by atomic mass is 10.0. The summed E-state index contributed by atoms with van der Waals surface area (Å²) in [6, 6.07) is 8.84. The Balaban J connectivity index is 1.64. The van der Waals surface area contributed by atoms with Crippen molar-refractivity contribution in [1.29, 1.82) is 0 Å². The summed E-state index contributed by atoms with van der Waals surface area (Å²) in [5.41, 5.74) is -0.364. The van der Waals surface area contributed by atoms with Crippen molar-refractivity contribution in [3.05, 3.63) is 74.1 Å². The number of carbonyl (C=O) groups is 2. The van der Waals surface area contributed by atoms with Crippen molar-refractivity contribution in [2.24, 2.45) is 5.92 Å². The minimum atomic E-state index is -0.624. The van der Waals surface area contributed by atoms with Crippen LogP contribution in [-0.4, -0.2) is 49.7 Å². The van der Waals surface area contributed by atoms with E-state index < -0.39 is 27.7 Å². The second-order valence-corrected chi connectivity index (χ2v) is 8.93. The highest BCUT2D eigenvalue weighted by Gasteiger charge is 2.24. The molecule has 0 spiro atoms. The lowest BCUT2D eigenvalue weighted by Crippen LogP contribution is -2.32. The van der Waals surface area contributed by atoms with E-state index in [4.69, 9.17) is 4.74 Å². The van der Waals surface area contributed by atoms with Crippen LogP contribution in [0.15, 0.2) is 47.6 Å². The van der Waals surface area contributed by atoms with Crippen LogP contribution in [0.4, 0.5) is 17.1 Å². The fraction of sp³-hybridized carbons (Fsp3) is 0.273. The van der Waals surface area contributed by atoms with Gasteiger partial charge >= 0.3 is 0 Å². The van der Waals surface area contributed by atoms with Crippen LogP contribution in [0.2, 0.25) is 0 Å². The van der Waals surface area contributed by atoms with Crippen molar-refractivity contribution in [3.8, 4) is 5.75 Å². The number of hydrogen-bond acceptors (Lipinski definition) is 10. The van der Waals surface area contributed by atoms with Gasteiger partial charge in [0.25, 0.3) is 17.3 Å². The van der Waals surface area contributed by atoms with Gasteiger partial charge in [0.15, 0.2) is 0 Å². The van der Waals surface area contributed by atoms with Crippen LogP contribution >= 0.6 is 11.8 Å². The first-order valence-electron chi connectivity index (χ1n) is 10.8. The third kappa shape index (κ3) is 7.00. The van der Waals surface area contributed by atoms with E-state index in [0.29, 0.717) is 5.82 Å². The number of benzene rings is 2. The summed E-state index contributed by atoms with van der Waals surface area (Å²) in [6.07, 6.45) is 0. The van der Waals surface area contributed by atoms with E-state index in [-0.39, 0.29) is 45.2 Å². The van der Waals surface area contributed by atoms with Crippen LogP contribution in [0.3, 0.4) is 0 Å². The van der Waals surface area contributed by atoms with Gasteiger partial charge in [-0.3, -0.25) is 34.9 Å². The Kier molecular flexibility index (Phi) is 8.73. The van der Waals surface area contributed by atoms with Crippen molar-refractivity contribution < 1.29 is 24.2 Å². The number of nitrogens with one attached hydrogen (secondary N) is 3. The van der Waals surface area contributed by atoms with Crippen LogP contribution in [0.5, 0.6) is 5.75 Å². The molecule has 3 rings (SSSR count). The number of amides is 2. The van der Waals surface area contributed by atoms with Crippen molar-refractivity contribution in [2.75, 3.05) is 18.2 Å². The van der Waals surface area contributed by atoms with Crippen LogP contribution in [-0.2, 0) is 4.79 Å². The number of nitrogens with zero attached hydrogens (tertiary/aromatic N) is 4. The van der Waals surface area contributed by atoms with E-state index >= 15 is 0 Å². The molecule has 0 fully saturated rings. The van der Waals surface area contributed by atoms with Crippen LogP contribution in [0.1, 0.15) is 36.1 Å². The number of H-pyrrole nitrogens is 1. The second-order valence-electron chi connectivity index (χ2n) is 7.98. The monoisotopic (exact) mass is 529 g/mol. The molecule has 194 valence electrons. The molecule has 0 aliphatic heterocycles. The molecule has 0 aliphatic rings. The number of hydrogen-bond donors (Lipinski definition) is 3. The highest BCUT2D eigenvalue weighted by molar-refractivity contribution is 7.99. The van der Waals surface area contributed by atoms with Gasteiger partial charge in [-0.05, 0) is 24.1 Å². The number of nitro benzene ring substituents is 2. The number of carbonyl (C=O) groups excluding carboxylic acids is 2. The normalized spacial score (nSPS) is 11.6. The number of rotatable bonds is 11. The van der Waals surface area contributed by atoms with E-state index in [1.807, 2.05) is 13.8 Å². The molecule has 15 heteroatoms. The largest absolute Gasteiger partial charge is 0.496 e. The first-order chi connectivity index (χ1) is 17.6. The predicted molar refractivity (Wildman–Crippen MR) is 134 cm³/mol. The van der Waals surface area contributed by atoms with E-state index in [2.05, 4.69) is 25.8 Å². The Morgan fingerprint density at radius 1 is 1.14 bits per heavy atom. The van der Waals surface area contributed by atoms with Gasteiger partial charge in [-0.25, -0.2) is 4.98 Å². The fourth-order valence-corrected chi connectivity index (χ4v) is 3.81. The Morgan fingerprint density at radius 3 is 2.54 bits per heavy atom. The van der Waals surface area contributed by atoms with Gasteiger partial charge in [-0.15, -0.1) is 5.10 Å². The molecule has 3 N–H and O–H groups in total. The zero-order valence-electron chi connectivity index (χ0n) is 20.0. The highest BCUT2D eigenvalue weighted by atomic mass is 32.2. The Labute approximate surface area is 214 Å². The van der Waals surface area contributed by atoms with Gasteiger partial charge in [-0.2, -0.15) is 0 Å². The van der Waals surface area contributed by atoms with Gasteiger partial charge in [0.1, 0.15) is 17.3 Å². The number of methoxy groups -OCH3 is 1. The Hall–Kier alpha value is -4.53. The molecule has 14 nitrogen and oxygen atoms in total. The number of ether oxygens (including phenoxy) is 1. The molecule has 0 bridgehead atoms. The first kappa shape index (κ1) is 27.1. The number of non-ortho nitro benzene ring substituents is 1. The average Bonchev–Trinajstić information content (AvgIpc) is 3.34. The molecule has 3 aromatic rings. The molecule has 2 aromatic carbocycles. The maximum absolute atomic E-state index is 12.7. The highest BCUT2D eigenvalue weighted by Crippen LogP contribution is 2.29. The topological polar surface area (TPSA) is 195 Å². The minimum absolute atomic E-state index is 0.0239. The molecule has 37 heavy (non-hydrogen) atoms. The number of aromatic nitrogens is 3. The maximum atomic E-state index is 12.7. The van der Waals surface area contributed by atoms with Crippen molar-refractivity contribution in [1.82, 2.24) is 20.5 Å². The van der Waals surface area contributed by atoms with E-state index in [0.717, 1.165) is 11.8 Å². The average molecular weight is 530 g/mol. The molecule has 1 aromatic heterocycles. The summed E-state index contributed by atoms with van der Waals surface area (Å²) in [6.45, 7) is 3.70. The fourth-order valence-electron chi connectivity index (χ4n) is 3.21. The summed E-state index contributed by atoms with van der Waals surface area (Å²) in [5.74, 6) is -0.663. The van der Waals surface area contributed by atoms with E-state index in [1.54, 1.807) is 0 Å². The van der Waals surface area contributed by atoms with Crippen LogP contribution in [0, 0.1) is 26.1 Å². The second kappa shape index (κ2) is 11.9. The summed E-state index contributed by atoms with van der Waals surface area (Å²) < 4.78 is 4.98. The first-order valence-corrected chi connectivity index (χ1v) is 11.8. The lowest BCUT2D eigenvalue weighted by Gasteiger charge is -2.19. The van der Waals surface area contributed by atoms with E-state index in [1.165, 1.54) is 49.6 Å². The number of thioether (sulfide) groups is 1. The quantitative estimate of drug-likeness (QED) is 0.188. The van der Waals surface area contributed by atoms with Crippen LogP contribution in [0.25, 0.3) is 0 Å². The number of aromatic amines is 1. The molecule has 0 saturated carbocycles. The number of nitro groups is 2. The molecule has 1 atom stereocenters. The SMILES string of the molecule is COc1ccc(NC(=O)CSc2n[nH]c([C@H](NC(=O)c3cccc([N+](=O)[O-])c3)C(C)C)n2)c([N+](=O)[O-])c1. The Morgan fingerprint density at radius 2 is 1.89 bits per heavy atom. The van der Waals surface area contributed by atoms with Gasteiger partial charge in [0.05, 0.1) is 34.8 Å². The molecule has 2 amide bonds. The molecule has 0 radical (unpaired) electrons. The van der Waals surface area contributed by atoms with Crippen molar-refractivity contribution in [2.45, 2.75) is 25.0 Å². The van der Waals surface area contributed by atoms with Crippen molar-refractivity contribution >= 4 is 40.6 Å². The molecule has 0 aliphatic carbocycles. The van der Waals surface area contributed by atoms with Crippen LogP contribution < -0.4 is 15.4 Å². The standard InChI is InChI=1S/C22H23N7O7S/c1-12(2)19(24-21(31)13-5-4-6-14(9-13)28(32)33)20-25-22(27-26-20)37-11-18(30)23-16-8-7-15(36-3)10-17(16)29(34)35/h4-10,12,19H,11H2,1-3H3,(H,23,30)(H,24,31)(H,25,26,27)/t19-/m1/s1. The summed E-state index contributed by atoms with van der Waals surface area (Å²) in [4.78, 5) is 50.5. The van der Waals surface area contributed by atoms with Gasteiger partial charge in [0.2, 0.25) is 11.1 Å². The summed E-state index contributed by atoms with van der Waals surface area (Å²) in [7, 11) is 1.38. The smallest absolute Gasteiger partial charge is 0.296 e. The molecule has 0 unspecified atom stereocenters. The molecule has 1 heterocycles. The molecular formula is C22H23N7O7S. The van der Waals surface area contributed by atoms with Gasteiger partial charge < -0.3 is 15.4 Å². The molecule has 0 saturated heterocycles. The van der Waals surface area contributed by atoms with Crippen molar-refractivity contribution in [3.63, 3.8) is 0 Å². The van der Waals surface area contributed by atoms with Gasteiger partial charge in [0, 0.05) is 17.7 Å². The zero-order chi connectivity index (χ0) is 27.1. The Bertz CT molecular complexity index is 1330. The zero-order valence-corrected chi connectivity index (χ0v) is 20.8. The molecular weight excluding hydrogens is 506 g/mol.